The second kappa shape index (κ2) is 16.1. The third-order valence-electron chi connectivity index (χ3n) is 7.01. The minimum atomic E-state index is -0.986. The number of rotatable bonds is 15. The van der Waals surface area contributed by atoms with Gasteiger partial charge in [0.2, 0.25) is 11.8 Å². The Labute approximate surface area is 251 Å². The van der Waals surface area contributed by atoms with E-state index in [4.69, 9.17) is 14.2 Å². The van der Waals surface area contributed by atoms with Gasteiger partial charge in [-0.05, 0) is 34.2 Å². The van der Waals surface area contributed by atoms with Gasteiger partial charge in [-0.15, -0.1) is 0 Å². The van der Waals surface area contributed by atoms with Crippen LogP contribution in [0.3, 0.4) is 0 Å². The normalized spacial score (nSPS) is 12.4. The molecule has 43 heavy (non-hydrogen) atoms. The Morgan fingerprint density at radius 3 is 2.14 bits per heavy atom. The molecule has 0 saturated carbocycles. The van der Waals surface area contributed by atoms with Gasteiger partial charge in [0.05, 0.1) is 13.2 Å². The van der Waals surface area contributed by atoms with E-state index in [9.17, 15) is 19.2 Å². The van der Waals surface area contributed by atoms with Gasteiger partial charge in [0.15, 0.2) is 0 Å². The molecule has 0 heterocycles. The maximum Gasteiger partial charge on any atom is 0.407 e. The van der Waals surface area contributed by atoms with Crippen LogP contribution in [0, 0.1) is 0 Å². The molecule has 0 spiro atoms. The topological polar surface area (TPSA) is 132 Å². The SMILES string of the molecule is CCCCOC(=O)COCNC(=O)CNC(=O)[C@H](Cc1ccccc1)NC(=O)OCC1c2ccccc2-c2ccccc21. The van der Waals surface area contributed by atoms with Crippen LogP contribution < -0.4 is 16.0 Å². The number of nitrogens with one attached hydrogen (secondary N) is 3. The maximum absolute atomic E-state index is 13.1. The number of benzene rings is 3. The molecule has 3 N–H and O–H groups in total. The summed E-state index contributed by atoms with van der Waals surface area (Å²) in [5.74, 6) is -1.71. The summed E-state index contributed by atoms with van der Waals surface area (Å²) >= 11 is 0. The first-order valence-electron chi connectivity index (χ1n) is 14.4. The molecule has 3 amide bonds. The van der Waals surface area contributed by atoms with Crippen LogP contribution in [-0.2, 0) is 35.0 Å². The van der Waals surface area contributed by atoms with E-state index in [2.05, 4.69) is 28.1 Å². The van der Waals surface area contributed by atoms with Crippen molar-refractivity contribution in [1.29, 1.82) is 0 Å². The van der Waals surface area contributed by atoms with E-state index in [1.165, 1.54) is 0 Å². The van der Waals surface area contributed by atoms with Crippen LogP contribution in [0.15, 0.2) is 78.9 Å². The molecule has 0 fully saturated rings. The number of esters is 1. The Bertz CT molecular complexity index is 1350. The van der Waals surface area contributed by atoms with Crippen LogP contribution in [0.5, 0.6) is 0 Å². The number of ether oxygens (including phenoxy) is 3. The van der Waals surface area contributed by atoms with Crippen molar-refractivity contribution in [1.82, 2.24) is 16.0 Å². The summed E-state index contributed by atoms with van der Waals surface area (Å²) in [6.45, 7) is 1.56. The van der Waals surface area contributed by atoms with Crippen molar-refractivity contribution in [2.45, 2.75) is 38.1 Å². The first-order chi connectivity index (χ1) is 21.0. The highest BCUT2D eigenvalue weighted by molar-refractivity contribution is 5.89. The number of alkyl carbamates (subject to hydrolysis) is 1. The number of hydrogen-bond acceptors (Lipinski definition) is 7. The third-order valence-corrected chi connectivity index (χ3v) is 7.01. The molecule has 3 aromatic carbocycles. The number of hydrogen-bond donors (Lipinski definition) is 3. The Morgan fingerprint density at radius 1 is 0.814 bits per heavy atom. The standard InChI is InChI=1S/C33H37N3O7/c1-2-3-17-42-31(38)21-41-22-35-30(37)19-34-32(39)29(18-23-11-5-4-6-12-23)36-33(40)43-20-28-26-15-9-7-13-24(26)25-14-8-10-16-27(25)28/h4-16,28-29H,2-3,17-22H2,1H3,(H,34,39)(H,35,37)(H,36,40)/t29-/m0/s1. The van der Waals surface area contributed by atoms with Crippen LogP contribution in [0.25, 0.3) is 11.1 Å². The Kier molecular flexibility index (Phi) is 11.7. The van der Waals surface area contributed by atoms with Crippen molar-refractivity contribution in [3.8, 4) is 11.1 Å². The molecular formula is C33H37N3O7. The Balaban J connectivity index is 1.28. The first kappa shape index (κ1) is 31.2. The quantitative estimate of drug-likeness (QED) is 0.140. The minimum absolute atomic E-state index is 0.105. The van der Waals surface area contributed by atoms with Gasteiger partial charge in [-0.2, -0.15) is 0 Å². The summed E-state index contributed by atoms with van der Waals surface area (Å²) in [5.41, 5.74) is 5.22. The Morgan fingerprint density at radius 2 is 1.47 bits per heavy atom. The molecule has 10 heteroatoms. The molecule has 1 atom stereocenters. The molecule has 0 aliphatic heterocycles. The highest BCUT2D eigenvalue weighted by Gasteiger charge is 2.30. The molecule has 10 nitrogen and oxygen atoms in total. The fraction of sp³-hybridized carbons (Fsp3) is 0.333. The largest absolute Gasteiger partial charge is 0.464 e. The summed E-state index contributed by atoms with van der Waals surface area (Å²) in [6.07, 6.45) is 1.14. The molecule has 1 aliphatic carbocycles. The lowest BCUT2D eigenvalue weighted by Crippen LogP contribution is -2.50. The van der Waals surface area contributed by atoms with Gasteiger partial charge in [0.25, 0.3) is 0 Å². The van der Waals surface area contributed by atoms with E-state index in [1.807, 2.05) is 73.7 Å². The molecule has 0 bridgehead atoms. The number of carbonyl (C=O) groups excluding carboxylic acids is 4. The summed E-state index contributed by atoms with van der Waals surface area (Å²) in [5, 5.41) is 7.67. The van der Waals surface area contributed by atoms with Crippen molar-refractivity contribution in [2.24, 2.45) is 0 Å². The van der Waals surface area contributed by atoms with Crippen LogP contribution in [-0.4, -0.2) is 63.0 Å². The van der Waals surface area contributed by atoms with Crippen LogP contribution in [0.1, 0.15) is 42.4 Å². The van der Waals surface area contributed by atoms with E-state index in [-0.39, 0.29) is 38.8 Å². The molecule has 0 radical (unpaired) electrons. The molecule has 0 saturated heterocycles. The summed E-state index contributed by atoms with van der Waals surface area (Å²) in [7, 11) is 0. The monoisotopic (exact) mass is 587 g/mol. The number of fused-ring (bicyclic) bond motifs is 3. The second-order valence-electron chi connectivity index (χ2n) is 10.1. The molecule has 4 rings (SSSR count). The minimum Gasteiger partial charge on any atom is -0.464 e. The second-order valence-corrected chi connectivity index (χ2v) is 10.1. The lowest BCUT2D eigenvalue weighted by Gasteiger charge is -2.20. The molecule has 0 aromatic heterocycles. The van der Waals surface area contributed by atoms with Crippen molar-refractivity contribution in [2.75, 3.05) is 33.1 Å². The van der Waals surface area contributed by atoms with Crippen molar-refractivity contribution < 1.29 is 33.4 Å². The van der Waals surface area contributed by atoms with E-state index in [0.717, 1.165) is 40.7 Å². The summed E-state index contributed by atoms with van der Waals surface area (Å²) < 4.78 is 15.7. The zero-order chi connectivity index (χ0) is 30.4. The van der Waals surface area contributed by atoms with E-state index >= 15 is 0 Å². The van der Waals surface area contributed by atoms with Crippen molar-refractivity contribution in [3.05, 3.63) is 95.6 Å². The fourth-order valence-corrected chi connectivity index (χ4v) is 4.83. The highest BCUT2D eigenvalue weighted by Crippen LogP contribution is 2.44. The molecule has 1 aliphatic rings. The van der Waals surface area contributed by atoms with Gasteiger partial charge in [-0.1, -0.05) is 92.2 Å². The smallest absolute Gasteiger partial charge is 0.407 e. The van der Waals surface area contributed by atoms with Crippen LogP contribution in [0.4, 0.5) is 4.79 Å². The predicted octanol–water partition coefficient (Wildman–Crippen LogP) is 3.69. The van der Waals surface area contributed by atoms with Crippen LogP contribution >= 0.6 is 0 Å². The fourth-order valence-electron chi connectivity index (χ4n) is 4.83. The lowest BCUT2D eigenvalue weighted by atomic mass is 9.98. The van der Waals surface area contributed by atoms with E-state index in [1.54, 1.807) is 0 Å². The molecule has 0 unspecified atom stereocenters. The lowest BCUT2D eigenvalue weighted by molar-refractivity contribution is -0.150. The van der Waals surface area contributed by atoms with Gasteiger partial charge in [0.1, 0.15) is 26.0 Å². The summed E-state index contributed by atoms with van der Waals surface area (Å²) in [4.78, 5) is 49.8. The highest BCUT2D eigenvalue weighted by atomic mass is 16.6. The Hall–Kier alpha value is -4.70. The predicted molar refractivity (Wildman–Crippen MR) is 160 cm³/mol. The third kappa shape index (κ3) is 9.14. The van der Waals surface area contributed by atoms with Gasteiger partial charge < -0.3 is 30.2 Å². The average molecular weight is 588 g/mol. The van der Waals surface area contributed by atoms with E-state index in [0.29, 0.717) is 6.61 Å². The summed E-state index contributed by atoms with van der Waals surface area (Å²) in [6, 6.07) is 24.3. The molecular weight excluding hydrogens is 550 g/mol. The average Bonchev–Trinajstić information content (AvgIpc) is 3.35. The zero-order valence-electron chi connectivity index (χ0n) is 24.2. The van der Waals surface area contributed by atoms with Gasteiger partial charge in [0, 0.05) is 12.3 Å². The maximum atomic E-state index is 13.1. The van der Waals surface area contributed by atoms with Gasteiger partial charge in [-0.3, -0.25) is 9.59 Å². The number of unbranched alkanes of at least 4 members (excludes halogenated alkanes) is 1. The number of amides is 3. The van der Waals surface area contributed by atoms with Crippen molar-refractivity contribution >= 4 is 23.9 Å². The van der Waals surface area contributed by atoms with Crippen molar-refractivity contribution in [3.63, 3.8) is 0 Å². The zero-order valence-corrected chi connectivity index (χ0v) is 24.2. The van der Waals surface area contributed by atoms with Crippen LogP contribution in [0.2, 0.25) is 0 Å². The first-order valence-corrected chi connectivity index (χ1v) is 14.4. The van der Waals surface area contributed by atoms with E-state index < -0.39 is 29.9 Å². The van der Waals surface area contributed by atoms with Gasteiger partial charge >= 0.3 is 12.1 Å². The van der Waals surface area contributed by atoms with Gasteiger partial charge in [-0.25, -0.2) is 9.59 Å². The number of carbonyl (C=O) groups is 4. The molecule has 3 aromatic rings. The molecule has 226 valence electrons.